The number of piperidine rings is 1. The van der Waals surface area contributed by atoms with Crippen LogP contribution >= 0.6 is 0 Å². The van der Waals surface area contributed by atoms with Gasteiger partial charge in [-0.1, -0.05) is 46.0 Å². The summed E-state index contributed by atoms with van der Waals surface area (Å²) in [7, 11) is -5.84. The van der Waals surface area contributed by atoms with Crippen molar-refractivity contribution >= 4 is 10.1 Å². The van der Waals surface area contributed by atoms with Gasteiger partial charge in [0.1, 0.15) is 0 Å². The number of likely N-dealkylation sites (tertiary alicyclic amines) is 1. The van der Waals surface area contributed by atoms with Gasteiger partial charge in [-0.3, -0.25) is 4.55 Å². The molecule has 0 spiro atoms. The smallest absolute Gasteiger partial charge is 0.300 e. The van der Waals surface area contributed by atoms with Crippen LogP contribution in [0.25, 0.3) is 0 Å². The van der Waals surface area contributed by atoms with Crippen molar-refractivity contribution in [2.75, 3.05) is 13.1 Å². The Morgan fingerprint density at radius 3 is 2.13 bits per heavy atom. The summed E-state index contributed by atoms with van der Waals surface area (Å²) in [5.74, 6) is 0. The van der Waals surface area contributed by atoms with Crippen LogP contribution in [0.4, 0.5) is 13.2 Å². The molecule has 1 rings (SSSR count). The lowest BCUT2D eigenvalue weighted by Gasteiger charge is -2.35. The number of halogens is 3. The Hall–Kier alpha value is -0.340. The quantitative estimate of drug-likeness (QED) is 0.408. The summed E-state index contributed by atoms with van der Waals surface area (Å²) in [5.41, 5.74) is -5.53. The van der Waals surface area contributed by atoms with Gasteiger partial charge < -0.3 is 4.90 Å². The third-order valence-electron chi connectivity index (χ3n) is 4.06. The number of nitrogens with zero attached hydrogens (tertiary/aromatic N) is 1. The van der Waals surface area contributed by atoms with Gasteiger partial charge in [0.15, 0.2) is 0 Å². The second kappa shape index (κ2) is 11.3. The van der Waals surface area contributed by atoms with E-state index < -0.39 is 15.6 Å². The molecule has 1 unspecified atom stereocenters. The molecule has 4 nitrogen and oxygen atoms in total. The first-order chi connectivity index (χ1) is 10.6. The van der Waals surface area contributed by atoms with Gasteiger partial charge in [0.05, 0.1) is 0 Å². The molecule has 1 saturated heterocycles. The van der Waals surface area contributed by atoms with E-state index in [4.69, 9.17) is 13.0 Å². The molecule has 23 heavy (non-hydrogen) atoms. The van der Waals surface area contributed by atoms with Crippen molar-refractivity contribution in [1.29, 1.82) is 0 Å². The molecule has 0 aliphatic carbocycles. The van der Waals surface area contributed by atoms with Crippen LogP contribution in [0.5, 0.6) is 0 Å². The van der Waals surface area contributed by atoms with Gasteiger partial charge in [-0.05, 0) is 38.8 Å². The fraction of sp³-hybridized carbons (Fsp3) is 1.00. The van der Waals surface area contributed by atoms with Crippen molar-refractivity contribution in [3.8, 4) is 0 Å². The van der Waals surface area contributed by atoms with Crippen molar-refractivity contribution in [3.05, 3.63) is 0 Å². The maximum absolute atomic E-state index is 10.7. The lowest BCUT2D eigenvalue weighted by Crippen LogP contribution is -2.39. The third-order valence-corrected chi connectivity index (χ3v) is 4.65. The lowest BCUT2D eigenvalue weighted by atomic mass is 9.99. The summed E-state index contributed by atoms with van der Waals surface area (Å²) in [4.78, 5) is 2.75. The second-order valence-corrected chi connectivity index (χ2v) is 7.34. The largest absolute Gasteiger partial charge is 0.522 e. The van der Waals surface area contributed by atoms with E-state index in [1.807, 2.05) is 0 Å². The van der Waals surface area contributed by atoms with E-state index in [2.05, 4.69) is 18.7 Å². The predicted molar refractivity (Wildman–Crippen MR) is 85.9 cm³/mol. The highest BCUT2D eigenvalue weighted by Crippen LogP contribution is 2.21. The van der Waals surface area contributed by atoms with E-state index in [1.54, 1.807) is 0 Å². The summed E-state index contributed by atoms with van der Waals surface area (Å²) in [6.07, 6.45) is 12.8. The molecular formula is C15H30F3NO3S. The SMILES string of the molecule is CCCCCCCN1CCCCC1CC.O=S(=O)(O)C(F)(F)F. The van der Waals surface area contributed by atoms with Gasteiger partial charge in [-0.15, -0.1) is 0 Å². The first kappa shape index (κ1) is 22.7. The van der Waals surface area contributed by atoms with E-state index in [1.165, 1.54) is 70.9 Å². The predicted octanol–water partition coefficient (Wildman–Crippen LogP) is 4.62. The minimum Gasteiger partial charge on any atom is -0.300 e. The Morgan fingerprint density at radius 1 is 1.09 bits per heavy atom. The van der Waals surface area contributed by atoms with Crippen molar-refractivity contribution in [2.24, 2.45) is 0 Å². The van der Waals surface area contributed by atoms with Gasteiger partial charge in [-0.25, -0.2) is 0 Å². The van der Waals surface area contributed by atoms with Gasteiger partial charge in [-0.2, -0.15) is 21.6 Å². The van der Waals surface area contributed by atoms with Crippen LogP contribution in [-0.2, 0) is 10.1 Å². The van der Waals surface area contributed by atoms with Crippen molar-refractivity contribution < 1.29 is 26.1 Å². The number of unbranched alkanes of at least 4 members (excludes halogenated alkanes) is 4. The summed E-state index contributed by atoms with van der Waals surface area (Å²) < 4.78 is 57.5. The normalized spacial score (nSPS) is 20.0. The maximum Gasteiger partial charge on any atom is 0.522 e. The third kappa shape index (κ3) is 10.2. The van der Waals surface area contributed by atoms with E-state index in [9.17, 15) is 13.2 Å². The molecular weight excluding hydrogens is 331 g/mol. The molecule has 1 fully saturated rings. The number of hydrogen-bond donors (Lipinski definition) is 1. The summed E-state index contributed by atoms with van der Waals surface area (Å²) in [6, 6.07) is 0.907. The van der Waals surface area contributed by atoms with Crippen LogP contribution in [-0.4, -0.2) is 42.5 Å². The van der Waals surface area contributed by atoms with E-state index in [0.717, 1.165) is 6.04 Å². The van der Waals surface area contributed by atoms with E-state index >= 15 is 0 Å². The lowest BCUT2D eigenvalue weighted by molar-refractivity contribution is -0.0510. The zero-order valence-electron chi connectivity index (χ0n) is 14.1. The summed E-state index contributed by atoms with van der Waals surface area (Å²) in [6.45, 7) is 7.37. The number of hydrogen-bond acceptors (Lipinski definition) is 3. The summed E-state index contributed by atoms with van der Waals surface area (Å²) >= 11 is 0. The van der Waals surface area contributed by atoms with Crippen LogP contribution in [0.1, 0.15) is 71.6 Å². The highest BCUT2D eigenvalue weighted by Gasteiger charge is 2.44. The Balaban J connectivity index is 0.000000515. The molecule has 140 valence electrons. The van der Waals surface area contributed by atoms with Crippen LogP contribution in [0, 0.1) is 0 Å². The van der Waals surface area contributed by atoms with Crippen LogP contribution < -0.4 is 0 Å². The monoisotopic (exact) mass is 361 g/mol. The van der Waals surface area contributed by atoms with Gasteiger partial charge in [0.2, 0.25) is 0 Å². The van der Waals surface area contributed by atoms with Crippen LogP contribution in [0.3, 0.4) is 0 Å². The molecule has 0 aromatic carbocycles. The van der Waals surface area contributed by atoms with Gasteiger partial charge in [0.25, 0.3) is 0 Å². The van der Waals surface area contributed by atoms with Crippen molar-refractivity contribution in [1.82, 2.24) is 4.90 Å². The molecule has 1 N–H and O–H groups in total. The standard InChI is InChI=1S/C14H29N.CHF3O3S/c1-3-5-6-7-9-12-15-13-10-8-11-14(15)4-2;2-1(3,4)8(5,6)7/h14H,3-13H2,1-2H3;(H,5,6,7). The van der Waals surface area contributed by atoms with Gasteiger partial charge in [0, 0.05) is 6.04 Å². The Bertz CT molecular complexity index is 399. The maximum atomic E-state index is 10.7. The van der Waals surface area contributed by atoms with E-state index in [-0.39, 0.29) is 0 Å². The van der Waals surface area contributed by atoms with Crippen molar-refractivity contribution in [2.45, 2.75) is 83.2 Å². The molecule has 0 aromatic heterocycles. The molecule has 1 atom stereocenters. The van der Waals surface area contributed by atoms with E-state index in [0.29, 0.717) is 0 Å². The number of rotatable bonds is 7. The van der Waals surface area contributed by atoms with Crippen LogP contribution in [0.2, 0.25) is 0 Å². The molecule has 0 amide bonds. The Kier molecular flexibility index (Phi) is 11.1. The molecule has 1 heterocycles. The Morgan fingerprint density at radius 2 is 1.65 bits per heavy atom. The molecule has 8 heteroatoms. The van der Waals surface area contributed by atoms with Crippen molar-refractivity contribution in [3.63, 3.8) is 0 Å². The topological polar surface area (TPSA) is 57.6 Å². The first-order valence-corrected chi connectivity index (χ1v) is 9.85. The first-order valence-electron chi connectivity index (χ1n) is 8.41. The second-order valence-electron chi connectivity index (χ2n) is 5.93. The average molecular weight is 361 g/mol. The highest BCUT2D eigenvalue weighted by molar-refractivity contribution is 7.86. The molecule has 0 radical (unpaired) electrons. The number of alkyl halides is 3. The summed E-state index contributed by atoms with van der Waals surface area (Å²) in [5, 5.41) is 0. The fourth-order valence-corrected chi connectivity index (χ4v) is 2.74. The minimum atomic E-state index is -5.84. The zero-order chi connectivity index (χ0) is 17.9. The molecule has 1 aliphatic heterocycles. The molecule has 0 aromatic rings. The van der Waals surface area contributed by atoms with Crippen LogP contribution in [0.15, 0.2) is 0 Å². The Labute approximate surface area is 138 Å². The van der Waals surface area contributed by atoms with Gasteiger partial charge >= 0.3 is 15.6 Å². The molecule has 0 saturated carbocycles. The molecule has 0 bridgehead atoms. The minimum absolute atomic E-state index is 0.907. The molecule has 1 aliphatic rings. The zero-order valence-corrected chi connectivity index (χ0v) is 14.9. The average Bonchev–Trinajstić information content (AvgIpc) is 2.46. The highest BCUT2D eigenvalue weighted by atomic mass is 32.2. The fourth-order valence-electron chi connectivity index (χ4n) is 2.74.